The highest BCUT2D eigenvalue weighted by Crippen LogP contribution is 2.15. The molecule has 136 valence electrons. The Labute approximate surface area is 152 Å². The van der Waals surface area contributed by atoms with Gasteiger partial charge in [0, 0.05) is 13.1 Å². The normalized spacial score (nSPS) is 11.0. The first kappa shape index (κ1) is 18.1. The third-order valence-corrected chi connectivity index (χ3v) is 4.88. The summed E-state index contributed by atoms with van der Waals surface area (Å²) in [4.78, 5) is 37.3. The van der Waals surface area contributed by atoms with E-state index in [1.807, 2.05) is 6.92 Å². The topological polar surface area (TPSA) is 73.1 Å². The van der Waals surface area contributed by atoms with Crippen molar-refractivity contribution >= 4 is 27.5 Å². The molecule has 1 aromatic carbocycles. The predicted molar refractivity (Wildman–Crippen MR) is 98.9 cm³/mol. The zero-order valence-corrected chi connectivity index (χ0v) is 15.0. The van der Waals surface area contributed by atoms with Gasteiger partial charge in [0.25, 0.3) is 5.56 Å². The molecule has 0 atom stereocenters. The molecular formula is C18H18FN3O3S. The molecule has 2 aromatic heterocycles. The van der Waals surface area contributed by atoms with E-state index in [2.05, 4.69) is 5.32 Å². The van der Waals surface area contributed by atoms with Gasteiger partial charge >= 0.3 is 5.69 Å². The lowest BCUT2D eigenvalue weighted by atomic mass is 10.2. The summed E-state index contributed by atoms with van der Waals surface area (Å²) < 4.78 is 15.9. The van der Waals surface area contributed by atoms with Gasteiger partial charge in [0.15, 0.2) is 0 Å². The van der Waals surface area contributed by atoms with Crippen molar-refractivity contribution in [2.45, 2.75) is 33.0 Å². The number of fused-ring (bicyclic) bond motifs is 1. The maximum atomic E-state index is 12.9. The molecule has 3 aromatic rings. The molecule has 26 heavy (non-hydrogen) atoms. The Morgan fingerprint density at radius 2 is 1.88 bits per heavy atom. The number of benzene rings is 1. The number of hydrogen-bond donors (Lipinski definition) is 1. The van der Waals surface area contributed by atoms with Crippen LogP contribution in [0.4, 0.5) is 4.39 Å². The van der Waals surface area contributed by atoms with Crippen LogP contribution in [0.1, 0.15) is 18.9 Å². The lowest BCUT2D eigenvalue weighted by Crippen LogP contribution is -2.42. The van der Waals surface area contributed by atoms with Gasteiger partial charge in [-0.2, -0.15) is 0 Å². The third kappa shape index (κ3) is 3.60. The number of rotatable bonds is 6. The first-order valence-electron chi connectivity index (χ1n) is 8.23. The van der Waals surface area contributed by atoms with Crippen molar-refractivity contribution in [3.63, 3.8) is 0 Å². The standard InChI is InChI=1S/C18H18FN3O3S/c1-2-8-21-17(24)16-14(7-9-26-16)22(18(21)25)11-15(23)20-10-12-3-5-13(19)6-4-12/h3-7,9H,2,8,10-11H2,1H3,(H,20,23). The zero-order valence-electron chi connectivity index (χ0n) is 14.2. The minimum Gasteiger partial charge on any atom is -0.350 e. The molecular weight excluding hydrogens is 357 g/mol. The van der Waals surface area contributed by atoms with Gasteiger partial charge in [-0.05, 0) is 35.6 Å². The van der Waals surface area contributed by atoms with Crippen LogP contribution in [0.25, 0.3) is 10.2 Å². The van der Waals surface area contributed by atoms with Gasteiger partial charge in [0.1, 0.15) is 17.1 Å². The fourth-order valence-corrected chi connectivity index (χ4v) is 3.55. The van der Waals surface area contributed by atoms with Crippen molar-refractivity contribution in [3.05, 3.63) is 67.9 Å². The Bertz CT molecular complexity index is 1050. The number of nitrogens with zero attached hydrogens (tertiary/aromatic N) is 2. The molecule has 0 aliphatic carbocycles. The van der Waals surface area contributed by atoms with Gasteiger partial charge in [-0.3, -0.25) is 18.7 Å². The second-order valence-electron chi connectivity index (χ2n) is 5.86. The highest BCUT2D eigenvalue weighted by atomic mass is 32.1. The summed E-state index contributed by atoms with van der Waals surface area (Å²) >= 11 is 1.26. The monoisotopic (exact) mass is 375 g/mol. The third-order valence-electron chi connectivity index (χ3n) is 3.99. The van der Waals surface area contributed by atoms with E-state index in [1.54, 1.807) is 23.6 Å². The largest absolute Gasteiger partial charge is 0.350 e. The van der Waals surface area contributed by atoms with Crippen LogP contribution in [0.5, 0.6) is 0 Å². The van der Waals surface area contributed by atoms with Crippen LogP contribution >= 0.6 is 11.3 Å². The number of thiophene rings is 1. The van der Waals surface area contributed by atoms with Crippen molar-refractivity contribution in [2.75, 3.05) is 0 Å². The molecule has 0 radical (unpaired) electrons. The molecule has 0 unspecified atom stereocenters. The van der Waals surface area contributed by atoms with Gasteiger partial charge in [0.2, 0.25) is 5.91 Å². The average molecular weight is 375 g/mol. The van der Waals surface area contributed by atoms with Crippen molar-refractivity contribution in [3.8, 4) is 0 Å². The van der Waals surface area contributed by atoms with Crippen LogP contribution in [0, 0.1) is 5.82 Å². The molecule has 0 aliphatic heterocycles. The van der Waals surface area contributed by atoms with Crippen LogP contribution in [0.15, 0.2) is 45.3 Å². The van der Waals surface area contributed by atoms with Crippen LogP contribution in [0.2, 0.25) is 0 Å². The fraction of sp³-hybridized carbons (Fsp3) is 0.278. The fourth-order valence-electron chi connectivity index (χ4n) is 2.71. The lowest BCUT2D eigenvalue weighted by Gasteiger charge is -2.12. The molecule has 0 fully saturated rings. The van der Waals surface area contributed by atoms with Crippen molar-refractivity contribution < 1.29 is 9.18 Å². The average Bonchev–Trinajstić information content (AvgIpc) is 3.11. The summed E-state index contributed by atoms with van der Waals surface area (Å²) in [6.07, 6.45) is 0.642. The second kappa shape index (κ2) is 7.65. The van der Waals surface area contributed by atoms with Gasteiger partial charge in [-0.1, -0.05) is 19.1 Å². The number of carbonyl (C=O) groups excluding carboxylic acids is 1. The van der Waals surface area contributed by atoms with Gasteiger partial charge in [0.05, 0.1) is 5.52 Å². The summed E-state index contributed by atoms with van der Waals surface area (Å²) in [7, 11) is 0. The summed E-state index contributed by atoms with van der Waals surface area (Å²) in [5.74, 6) is -0.699. The first-order chi connectivity index (χ1) is 12.5. The zero-order chi connectivity index (χ0) is 18.7. The quantitative estimate of drug-likeness (QED) is 0.717. The smallest absolute Gasteiger partial charge is 0.332 e. The van der Waals surface area contributed by atoms with Crippen LogP contribution in [0.3, 0.4) is 0 Å². The van der Waals surface area contributed by atoms with Gasteiger partial charge < -0.3 is 5.32 Å². The molecule has 0 saturated carbocycles. The van der Waals surface area contributed by atoms with E-state index in [4.69, 9.17) is 0 Å². The Hall–Kier alpha value is -2.74. The Morgan fingerprint density at radius 3 is 2.58 bits per heavy atom. The van der Waals surface area contributed by atoms with E-state index >= 15 is 0 Å². The molecule has 0 bridgehead atoms. The molecule has 1 N–H and O–H groups in total. The minimum atomic E-state index is -0.486. The van der Waals surface area contributed by atoms with Crippen LogP contribution in [-0.4, -0.2) is 15.0 Å². The summed E-state index contributed by atoms with van der Waals surface area (Å²) in [6.45, 7) is 2.24. The van der Waals surface area contributed by atoms with E-state index in [1.165, 1.54) is 32.6 Å². The predicted octanol–water partition coefficient (Wildman–Crippen LogP) is 2.09. The molecule has 3 rings (SSSR count). The number of aromatic nitrogens is 2. The van der Waals surface area contributed by atoms with E-state index in [0.29, 0.717) is 23.2 Å². The van der Waals surface area contributed by atoms with Crippen molar-refractivity contribution in [1.29, 1.82) is 0 Å². The van der Waals surface area contributed by atoms with E-state index < -0.39 is 5.69 Å². The van der Waals surface area contributed by atoms with Crippen LogP contribution in [-0.2, 0) is 24.4 Å². The number of amides is 1. The highest BCUT2D eigenvalue weighted by molar-refractivity contribution is 7.17. The van der Waals surface area contributed by atoms with Crippen LogP contribution < -0.4 is 16.6 Å². The minimum absolute atomic E-state index is 0.183. The van der Waals surface area contributed by atoms with Gasteiger partial charge in [-0.25, -0.2) is 9.18 Å². The molecule has 0 aliphatic rings. The SMILES string of the molecule is CCCn1c(=O)c2sccc2n(CC(=O)NCc2ccc(F)cc2)c1=O. The molecule has 6 nitrogen and oxygen atoms in total. The number of hydrogen-bond acceptors (Lipinski definition) is 4. The number of carbonyl (C=O) groups is 1. The van der Waals surface area contributed by atoms with Gasteiger partial charge in [-0.15, -0.1) is 11.3 Å². The molecule has 0 saturated heterocycles. The van der Waals surface area contributed by atoms with E-state index in [0.717, 1.165) is 5.56 Å². The Morgan fingerprint density at radius 1 is 1.15 bits per heavy atom. The highest BCUT2D eigenvalue weighted by Gasteiger charge is 2.15. The summed E-state index contributed by atoms with van der Waals surface area (Å²) in [5, 5.41) is 4.44. The molecule has 0 spiro atoms. The van der Waals surface area contributed by atoms with Crippen molar-refractivity contribution in [2.24, 2.45) is 0 Å². The second-order valence-corrected chi connectivity index (χ2v) is 6.78. The lowest BCUT2D eigenvalue weighted by molar-refractivity contribution is -0.121. The molecule has 2 heterocycles. The van der Waals surface area contributed by atoms with E-state index in [-0.39, 0.29) is 30.4 Å². The maximum Gasteiger partial charge on any atom is 0.332 e. The summed E-state index contributed by atoms with van der Waals surface area (Å²) in [6, 6.07) is 7.48. The van der Waals surface area contributed by atoms with Crippen molar-refractivity contribution in [1.82, 2.24) is 14.5 Å². The summed E-state index contributed by atoms with van der Waals surface area (Å²) in [5.41, 5.74) is 0.419. The number of nitrogens with one attached hydrogen (secondary N) is 1. The Balaban J connectivity index is 1.84. The number of halogens is 1. The molecule has 1 amide bonds. The van der Waals surface area contributed by atoms with E-state index in [9.17, 15) is 18.8 Å². The maximum absolute atomic E-state index is 12.9. The molecule has 8 heteroatoms. The first-order valence-corrected chi connectivity index (χ1v) is 9.11. The Kier molecular flexibility index (Phi) is 5.32.